The molecule has 7 heteroatoms. The number of halogens is 1. The maximum absolute atomic E-state index is 11.5. The number of benzene rings is 1. The number of esters is 1. The highest BCUT2D eigenvalue weighted by Crippen LogP contribution is 2.27. The minimum absolute atomic E-state index is 0.0917. The molecule has 0 bridgehead atoms. The van der Waals surface area contributed by atoms with Crippen LogP contribution in [-0.4, -0.2) is 17.5 Å². The summed E-state index contributed by atoms with van der Waals surface area (Å²) in [6.45, 7) is 1.83. The number of ether oxygens (including phenoxy) is 1. The second-order valence-corrected chi connectivity index (χ2v) is 3.79. The van der Waals surface area contributed by atoms with Crippen molar-refractivity contribution in [2.45, 2.75) is 6.92 Å². The summed E-state index contributed by atoms with van der Waals surface area (Å²) in [6.07, 6.45) is 0. The van der Waals surface area contributed by atoms with E-state index in [0.717, 1.165) is 12.1 Å². The van der Waals surface area contributed by atoms with Gasteiger partial charge in [0, 0.05) is 10.5 Å². The smallest absolute Gasteiger partial charge is 0.339 e. The van der Waals surface area contributed by atoms with E-state index >= 15 is 0 Å². The number of nitro groups is 1. The van der Waals surface area contributed by atoms with Crippen LogP contribution in [0.4, 0.5) is 5.69 Å². The average Bonchev–Trinajstić information content (AvgIpc) is 2.28. The van der Waals surface area contributed by atoms with Crippen molar-refractivity contribution in [3.05, 3.63) is 37.8 Å². The highest BCUT2D eigenvalue weighted by molar-refractivity contribution is 9.10. The molecule has 0 unspecified atom stereocenters. The fourth-order valence-corrected chi connectivity index (χ4v) is 1.66. The molecule has 0 fully saturated rings. The predicted molar refractivity (Wildman–Crippen MR) is 61.5 cm³/mol. The molecule has 0 spiro atoms. The van der Waals surface area contributed by atoms with Crippen LogP contribution in [0, 0.1) is 21.4 Å². The number of nitrogens with zero attached hydrogens (tertiary/aromatic N) is 2. The van der Waals surface area contributed by atoms with Gasteiger partial charge in [-0.05, 0) is 28.9 Å². The van der Waals surface area contributed by atoms with Crippen molar-refractivity contribution in [2.75, 3.05) is 6.61 Å². The van der Waals surface area contributed by atoms with E-state index in [4.69, 9.17) is 10.00 Å². The summed E-state index contributed by atoms with van der Waals surface area (Å²) in [4.78, 5) is 21.5. The molecule has 17 heavy (non-hydrogen) atoms. The van der Waals surface area contributed by atoms with E-state index < -0.39 is 10.9 Å². The minimum atomic E-state index is -0.682. The summed E-state index contributed by atoms with van der Waals surface area (Å²) in [6, 6.07) is 3.93. The molecule has 0 amide bonds. The van der Waals surface area contributed by atoms with Gasteiger partial charge in [0.1, 0.15) is 11.6 Å². The molecular weight excluding hydrogens is 292 g/mol. The van der Waals surface area contributed by atoms with E-state index in [1.54, 1.807) is 13.0 Å². The van der Waals surface area contributed by atoms with Gasteiger partial charge in [0.15, 0.2) is 0 Å². The van der Waals surface area contributed by atoms with Crippen LogP contribution >= 0.6 is 15.9 Å². The molecule has 0 aliphatic rings. The Kier molecular flexibility index (Phi) is 4.17. The zero-order valence-electron chi connectivity index (χ0n) is 8.77. The topological polar surface area (TPSA) is 93.2 Å². The minimum Gasteiger partial charge on any atom is -0.462 e. The first-order valence-electron chi connectivity index (χ1n) is 4.56. The Balaban J connectivity index is 3.33. The Morgan fingerprint density at radius 2 is 2.29 bits per heavy atom. The van der Waals surface area contributed by atoms with Crippen molar-refractivity contribution in [3.63, 3.8) is 0 Å². The first-order valence-corrected chi connectivity index (χ1v) is 5.35. The lowest BCUT2D eigenvalue weighted by Crippen LogP contribution is -2.07. The van der Waals surface area contributed by atoms with Crippen molar-refractivity contribution in [3.8, 4) is 6.07 Å². The third-order valence-electron chi connectivity index (χ3n) is 1.90. The van der Waals surface area contributed by atoms with Crippen LogP contribution < -0.4 is 0 Å². The van der Waals surface area contributed by atoms with Crippen LogP contribution in [0.3, 0.4) is 0 Å². The van der Waals surface area contributed by atoms with Gasteiger partial charge in [-0.25, -0.2) is 4.79 Å². The molecule has 0 atom stereocenters. The SMILES string of the molecule is CCOC(=O)c1cc(C#N)c([N+](=O)[O-])cc1Br. The number of carbonyl (C=O) groups is 1. The lowest BCUT2D eigenvalue weighted by atomic mass is 10.1. The number of hydrogen-bond donors (Lipinski definition) is 0. The molecule has 0 heterocycles. The van der Waals surface area contributed by atoms with Crippen molar-refractivity contribution in [2.24, 2.45) is 0 Å². The zero-order chi connectivity index (χ0) is 13.0. The molecular formula is C10H7BrN2O4. The summed E-state index contributed by atoms with van der Waals surface area (Å²) >= 11 is 3.03. The van der Waals surface area contributed by atoms with Crippen LogP contribution in [0.15, 0.2) is 16.6 Å². The van der Waals surface area contributed by atoms with Crippen LogP contribution in [0.1, 0.15) is 22.8 Å². The Bertz CT molecular complexity index is 522. The Morgan fingerprint density at radius 3 is 2.76 bits per heavy atom. The van der Waals surface area contributed by atoms with Gasteiger partial charge in [0.2, 0.25) is 0 Å². The molecule has 88 valence electrons. The van der Waals surface area contributed by atoms with Gasteiger partial charge in [-0.2, -0.15) is 5.26 Å². The lowest BCUT2D eigenvalue weighted by molar-refractivity contribution is -0.385. The number of hydrogen-bond acceptors (Lipinski definition) is 5. The van der Waals surface area contributed by atoms with Crippen LogP contribution in [0.2, 0.25) is 0 Å². The van der Waals surface area contributed by atoms with E-state index in [2.05, 4.69) is 15.9 Å². The van der Waals surface area contributed by atoms with Gasteiger partial charge in [-0.1, -0.05) is 0 Å². The Labute approximate surface area is 105 Å². The molecule has 0 aliphatic heterocycles. The third-order valence-corrected chi connectivity index (χ3v) is 2.55. The van der Waals surface area contributed by atoms with E-state index in [0.29, 0.717) is 0 Å². The van der Waals surface area contributed by atoms with Crippen molar-refractivity contribution >= 4 is 27.6 Å². The first kappa shape index (κ1) is 13.1. The summed E-state index contributed by atoms with van der Waals surface area (Å²) < 4.78 is 4.98. The monoisotopic (exact) mass is 298 g/mol. The van der Waals surface area contributed by atoms with E-state index in [1.807, 2.05) is 0 Å². The zero-order valence-corrected chi connectivity index (χ0v) is 10.4. The lowest BCUT2D eigenvalue weighted by Gasteiger charge is -2.04. The standard InChI is InChI=1S/C10H7BrN2O4/c1-2-17-10(14)7-3-6(5-12)9(13(15)16)4-8(7)11/h3-4H,2H2,1H3. The molecule has 0 radical (unpaired) electrons. The van der Waals surface area contributed by atoms with Gasteiger partial charge in [0.05, 0.1) is 17.1 Å². The van der Waals surface area contributed by atoms with Crippen LogP contribution in [-0.2, 0) is 4.74 Å². The molecule has 0 saturated heterocycles. The van der Waals surface area contributed by atoms with Gasteiger partial charge in [-0.15, -0.1) is 0 Å². The Morgan fingerprint density at radius 1 is 1.65 bits per heavy atom. The number of carbonyl (C=O) groups excluding carboxylic acids is 1. The fourth-order valence-electron chi connectivity index (χ4n) is 1.17. The van der Waals surface area contributed by atoms with E-state index in [1.165, 1.54) is 0 Å². The quantitative estimate of drug-likeness (QED) is 0.485. The fraction of sp³-hybridized carbons (Fsp3) is 0.200. The predicted octanol–water partition coefficient (Wildman–Crippen LogP) is 2.41. The number of nitro benzene ring substituents is 1. The third kappa shape index (κ3) is 2.79. The van der Waals surface area contributed by atoms with Crippen molar-refractivity contribution in [1.82, 2.24) is 0 Å². The summed E-state index contributed by atoms with van der Waals surface area (Å²) in [7, 11) is 0. The molecule has 1 aromatic carbocycles. The second kappa shape index (κ2) is 5.41. The Hall–Kier alpha value is -1.94. The number of rotatable bonds is 3. The van der Waals surface area contributed by atoms with Gasteiger partial charge in [-0.3, -0.25) is 10.1 Å². The van der Waals surface area contributed by atoms with Crippen molar-refractivity contribution in [1.29, 1.82) is 5.26 Å². The van der Waals surface area contributed by atoms with Crippen LogP contribution in [0.5, 0.6) is 0 Å². The van der Waals surface area contributed by atoms with E-state index in [-0.39, 0.29) is 27.9 Å². The summed E-state index contributed by atoms with van der Waals surface area (Å²) in [5.74, 6) is -0.634. The normalized spacial score (nSPS) is 9.47. The maximum atomic E-state index is 11.5. The van der Waals surface area contributed by atoms with Gasteiger partial charge < -0.3 is 4.74 Å². The highest BCUT2D eigenvalue weighted by Gasteiger charge is 2.20. The summed E-state index contributed by atoms with van der Waals surface area (Å²) in [5.41, 5.74) is -0.442. The molecule has 1 rings (SSSR count). The molecule has 6 nitrogen and oxygen atoms in total. The molecule has 0 aliphatic carbocycles. The maximum Gasteiger partial charge on any atom is 0.339 e. The van der Waals surface area contributed by atoms with Gasteiger partial charge in [0.25, 0.3) is 5.69 Å². The second-order valence-electron chi connectivity index (χ2n) is 2.94. The molecule has 0 saturated carbocycles. The highest BCUT2D eigenvalue weighted by atomic mass is 79.9. The van der Waals surface area contributed by atoms with Crippen LogP contribution in [0.25, 0.3) is 0 Å². The summed E-state index contributed by atoms with van der Waals surface area (Å²) in [5, 5.41) is 19.4. The largest absolute Gasteiger partial charge is 0.462 e. The molecule has 0 aromatic heterocycles. The molecule has 1 aromatic rings. The first-order chi connectivity index (χ1) is 8.01. The van der Waals surface area contributed by atoms with Crippen molar-refractivity contribution < 1.29 is 14.5 Å². The average molecular weight is 299 g/mol. The van der Waals surface area contributed by atoms with E-state index in [9.17, 15) is 14.9 Å². The van der Waals surface area contributed by atoms with Gasteiger partial charge >= 0.3 is 5.97 Å². The molecule has 0 N–H and O–H groups in total. The number of nitriles is 1.